The highest BCUT2D eigenvalue weighted by molar-refractivity contribution is 5.66. The Labute approximate surface area is 72.7 Å². The van der Waals surface area contributed by atoms with E-state index >= 15 is 0 Å². The van der Waals surface area contributed by atoms with Crippen LogP contribution in [0.3, 0.4) is 0 Å². The number of hydrogen-bond acceptors (Lipinski definition) is 2. The summed E-state index contributed by atoms with van der Waals surface area (Å²) < 4.78 is 5.49. The van der Waals surface area contributed by atoms with Gasteiger partial charge in [0.2, 0.25) is 0 Å². The maximum absolute atomic E-state index is 10.1. The van der Waals surface area contributed by atoms with Gasteiger partial charge in [0.05, 0.1) is 6.10 Å². The van der Waals surface area contributed by atoms with E-state index in [1.54, 1.807) is 0 Å². The van der Waals surface area contributed by atoms with E-state index in [1.165, 1.54) is 12.8 Å². The highest BCUT2D eigenvalue weighted by atomic mass is 16.5. The standard InChI is InChI=1S/C9H16O3/c10-9(11)6-3-7-12-8-4-1-2-5-8/h8H,1-7H2,(H,10,11). The minimum absolute atomic E-state index is 0.229. The van der Waals surface area contributed by atoms with Crippen molar-refractivity contribution < 1.29 is 14.6 Å². The number of carbonyl (C=O) groups is 1. The van der Waals surface area contributed by atoms with Crippen LogP contribution in [-0.4, -0.2) is 23.8 Å². The molecule has 70 valence electrons. The summed E-state index contributed by atoms with van der Waals surface area (Å²) in [7, 11) is 0. The Bertz CT molecular complexity index is 139. The molecule has 0 aromatic carbocycles. The van der Waals surface area contributed by atoms with Crippen LogP contribution in [0, 0.1) is 0 Å². The lowest BCUT2D eigenvalue weighted by Gasteiger charge is -2.09. The van der Waals surface area contributed by atoms with Gasteiger partial charge in [-0.25, -0.2) is 0 Å². The van der Waals surface area contributed by atoms with Gasteiger partial charge in [-0.2, -0.15) is 0 Å². The van der Waals surface area contributed by atoms with Gasteiger partial charge >= 0.3 is 5.97 Å². The van der Waals surface area contributed by atoms with Crippen LogP contribution in [0.4, 0.5) is 0 Å². The van der Waals surface area contributed by atoms with E-state index in [-0.39, 0.29) is 6.42 Å². The summed E-state index contributed by atoms with van der Waals surface area (Å²) in [6.45, 7) is 0.608. The number of aliphatic carboxylic acids is 1. The van der Waals surface area contributed by atoms with Gasteiger partial charge in [0.15, 0.2) is 0 Å². The molecule has 1 fully saturated rings. The summed E-state index contributed by atoms with van der Waals surface area (Å²) >= 11 is 0. The second-order valence-electron chi connectivity index (χ2n) is 3.27. The molecule has 1 N–H and O–H groups in total. The minimum Gasteiger partial charge on any atom is -0.481 e. The fraction of sp³-hybridized carbons (Fsp3) is 0.889. The molecule has 1 rings (SSSR count). The summed E-state index contributed by atoms with van der Waals surface area (Å²) in [5.41, 5.74) is 0. The van der Waals surface area contributed by atoms with Gasteiger partial charge < -0.3 is 9.84 Å². The monoisotopic (exact) mass is 172 g/mol. The molecule has 0 radical (unpaired) electrons. The molecular formula is C9H16O3. The van der Waals surface area contributed by atoms with Crippen LogP contribution in [0.5, 0.6) is 0 Å². The summed E-state index contributed by atoms with van der Waals surface area (Å²) in [5.74, 6) is -0.731. The van der Waals surface area contributed by atoms with E-state index in [9.17, 15) is 4.79 Å². The molecule has 1 aliphatic rings. The Kier molecular flexibility index (Phi) is 4.08. The van der Waals surface area contributed by atoms with E-state index in [0.717, 1.165) is 12.8 Å². The van der Waals surface area contributed by atoms with Crippen molar-refractivity contribution in [2.75, 3.05) is 6.61 Å². The Morgan fingerprint density at radius 1 is 1.42 bits per heavy atom. The van der Waals surface area contributed by atoms with E-state index in [4.69, 9.17) is 9.84 Å². The van der Waals surface area contributed by atoms with Crippen LogP contribution in [0.25, 0.3) is 0 Å². The first-order chi connectivity index (χ1) is 5.79. The molecule has 12 heavy (non-hydrogen) atoms. The highest BCUT2D eigenvalue weighted by Gasteiger charge is 2.14. The van der Waals surface area contributed by atoms with Crippen molar-refractivity contribution in [3.05, 3.63) is 0 Å². The van der Waals surface area contributed by atoms with Gasteiger partial charge in [-0.05, 0) is 19.3 Å². The van der Waals surface area contributed by atoms with Crippen LogP contribution in [0.15, 0.2) is 0 Å². The molecule has 0 aromatic rings. The number of ether oxygens (including phenoxy) is 1. The van der Waals surface area contributed by atoms with Crippen LogP contribution in [0.1, 0.15) is 38.5 Å². The van der Waals surface area contributed by atoms with Crippen molar-refractivity contribution in [1.82, 2.24) is 0 Å². The molecular weight excluding hydrogens is 156 g/mol. The number of hydrogen-bond donors (Lipinski definition) is 1. The van der Waals surface area contributed by atoms with Gasteiger partial charge in [-0.1, -0.05) is 12.8 Å². The van der Waals surface area contributed by atoms with E-state index in [1.807, 2.05) is 0 Å². The highest BCUT2D eigenvalue weighted by Crippen LogP contribution is 2.20. The third-order valence-electron chi connectivity index (χ3n) is 2.19. The van der Waals surface area contributed by atoms with Crippen molar-refractivity contribution in [2.45, 2.75) is 44.6 Å². The molecule has 0 bridgehead atoms. The first-order valence-electron chi connectivity index (χ1n) is 4.62. The van der Waals surface area contributed by atoms with E-state index < -0.39 is 5.97 Å². The van der Waals surface area contributed by atoms with Crippen molar-refractivity contribution in [3.63, 3.8) is 0 Å². The Morgan fingerprint density at radius 2 is 2.08 bits per heavy atom. The molecule has 0 spiro atoms. The van der Waals surface area contributed by atoms with Gasteiger partial charge in [-0.3, -0.25) is 4.79 Å². The molecule has 0 aliphatic heterocycles. The molecule has 0 aromatic heterocycles. The molecule has 3 nitrogen and oxygen atoms in total. The SMILES string of the molecule is O=C(O)CCCOC1CCCC1. The van der Waals surface area contributed by atoms with Crippen molar-refractivity contribution >= 4 is 5.97 Å². The Hall–Kier alpha value is -0.570. The minimum atomic E-state index is -0.731. The van der Waals surface area contributed by atoms with E-state index in [0.29, 0.717) is 19.1 Å². The van der Waals surface area contributed by atoms with Crippen LogP contribution < -0.4 is 0 Å². The van der Waals surface area contributed by atoms with Crippen LogP contribution >= 0.6 is 0 Å². The van der Waals surface area contributed by atoms with Crippen molar-refractivity contribution in [3.8, 4) is 0 Å². The van der Waals surface area contributed by atoms with Crippen molar-refractivity contribution in [2.24, 2.45) is 0 Å². The maximum atomic E-state index is 10.1. The second kappa shape index (κ2) is 5.14. The average molecular weight is 172 g/mol. The molecule has 0 saturated heterocycles. The number of carboxylic acids is 1. The quantitative estimate of drug-likeness (QED) is 0.643. The van der Waals surface area contributed by atoms with Gasteiger partial charge in [0.1, 0.15) is 0 Å². The summed E-state index contributed by atoms with van der Waals surface area (Å²) in [6.07, 6.45) is 6.14. The predicted octanol–water partition coefficient (Wildman–Crippen LogP) is 1.81. The summed E-state index contributed by atoms with van der Waals surface area (Å²) in [6, 6.07) is 0. The topological polar surface area (TPSA) is 46.5 Å². The predicted molar refractivity (Wildman–Crippen MR) is 45.1 cm³/mol. The zero-order valence-corrected chi connectivity index (χ0v) is 7.29. The summed E-state index contributed by atoms with van der Waals surface area (Å²) in [4.78, 5) is 10.1. The third kappa shape index (κ3) is 3.72. The van der Waals surface area contributed by atoms with Gasteiger partial charge in [0, 0.05) is 13.0 Å². The number of carboxylic acid groups (broad SMARTS) is 1. The van der Waals surface area contributed by atoms with Crippen molar-refractivity contribution in [1.29, 1.82) is 0 Å². The molecule has 1 aliphatic carbocycles. The Morgan fingerprint density at radius 3 is 2.67 bits per heavy atom. The fourth-order valence-corrected chi connectivity index (χ4v) is 1.53. The largest absolute Gasteiger partial charge is 0.481 e. The van der Waals surface area contributed by atoms with Crippen LogP contribution in [0.2, 0.25) is 0 Å². The lowest BCUT2D eigenvalue weighted by Crippen LogP contribution is -2.09. The average Bonchev–Trinajstić information content (AvgIpc) is 2.49. The van der Waals surface area contributed by atoms with E-state index in [2.05, 4.69) is 0 Å². The molecule has 0 amide bonds. The first kappa shape index (κ1) is 9.52. The lowest BCUT2D eigenvalue weighted by molar-refractivity contribution is -0.137. The second-order valence-corrected chi connectivity index (χ2v) is 3.27. The zero-order chi connectivity index (χ0) is 8.81. The number of rotatable bonds is 5. The maximum Gasteiger partial charge on any atom is 0.303 e. The normalized spacial score (nSPS) is 18.3. The molecule has 0 heterocycles. The molecule has 1 saturated carbocycles. The smallest absolute Gasteiger partial charge is 0.303 e. The third-order valence-corrected chi connectivity index (χ3v) is 2.19. The molecule has 3 heteroatoms. The van der Waals surface area contributed by atoms with Gasteiger partial charge in [-0.15, -0.1) is 0 Å². The molecule has 0 unspecified atom stereocenters. The van der Waals surface area contributed by atoms with Crippen LogP contribution in [-0.2, 0) is 9.53 Å². The lowest BCUT2D eigenvalue weighted by atomic mass is 10.3. The first-order valence-corrected chi connectivity index (χ1v) is 4.62. The fourth-order valence-electron chi connectivity index (χ4n) is 1.53. The summed E-state index contributed by atoms with van der Waals surface area (Å²) in [5, 5.41) is 8.35. The molecule has 0 atom stereocenters. The Balaban J connectivity index is 1.91. The zero-order valence-electron chi connectivity index (χ0n) is 7.29. The van der Waals surface area contributed by atoms with Gasteiger partial charge in [0.25, 0.3) is 0 Å².